The number of nitriles is 1. The lowest BCUT2D eigenvalue weighted by atomic mass is 9.96. The van der Waals surface area contributed by atoms with E-state index in [0.29, 0.717) is 17.2 Å². The molecule has 0 aliphatic carbocycles. The molecule has 0 N–H and O–H groups in total. The third-order valence-corrected chi connectivity index (χ3v) is 4.42. The summed E-state index contributed by atoms with van der Waals surface area (Å²) < 4.78 is 0. The Balaban J connectivity index is 1.73. The fourth-order valence-corrected chi connectivity index (χ4v) is 3.22. The van der Waals surface area contributed by atoms with Crippen molar-refractivity contribution >= 4 is 22.9 Å². The van der Waals surface area contributed by atoms with Crippen molar-refractivity contribution in [2.24, 2.45) is 4.99 Å². The first-order valence-electron chi connectivity index (χ1n) is 8.13. The van der Waals surface area contributed by atoms with Crippen molar-refractivity contribution in [3.05, 3.63) is 72.1 Å². The zero-order valence-electron chi connectivity index (χ0n) is 13.6. The molecule has 5 nitrogen and oxygen atoms in total. The van der Waals surface area contributed by atoms with Gasteiger partial charge in [0.15, 0.2) is 11.6 Å². The SMILES string of the molecule is N#Cc1cccc(-c2ccc3nc(-c4cccnc4)nc4c3c2C=N4)c1. The zero-order valence-corrected chi connectivity index (χ0v) is 13.6. The van der Waals surface area contributed by atoms with Gasteiger partial charge in [-0.05, 0) is 41.5 Å². The Morgan fingerprint density at radius 3 is 2.69 bits per heavy atom. The lowest BCUT2D eigenvalue weighted by Crippen LogP contribution is -1.93. The third-order valence-electron chi connectivity index (χ3n) is 4.42. The van der Waals surface area contributed by atoms with Gasteiger partial charge in [0.05, 0.1) is 22.5 Å². The molecule has 1 aliphatic heterocycles. The highest BCUT2D eigenvalue weighted by molar-refractivity contribution is 6.13. The summed E-state index contributed by atoms with van der Waals surface area (Å²) in [6.45, 7) is 0. The molecule has 5 heteroatoms. The molecule has 120 valence electrons. The molecule has 3 heterocycles. The van der Waals surface area contributed by atoms with Crippen LogP contribution in [0.5, 0.6) is 0 Å². The standard InChI is InChI=1S/C21H11N5/c22-10-13-3-1-4-14(9-13)16-6-7-18-19-17(16)12-24-21(19)26-20(25-18)15-5-2-8-23-11-15/h1-9,11-12H. The van der Waals surface area contributed by atoms with Crippen molar-refractivity contribution < 1.29 is 0 Å². The predicted molar refractivity (Wildman–Crippen MR) is 100 cm³/mol. The van der Waals surface area contributed by atoms with Gasteiger partial charge in [0, 0.05) is 29.7 Å². The highest BCUT2D eigenvalue weighted by Gasteiger charge is 2.19. The molecule has 1 aliphatic rings. The van der Waals surface area contributed by atoms with Crippen LogP contribution in [-0.4, -0.2) is 21.2 Å². The minimum atomic E-state index is 0.616. The molecule has 0 spiro atoms. The normalized spacial score (nSPS) is 11.7. The maximum Gasteiger partial charge on any atom is 0.164 e. The number of rotatable bonds is 2. The second-order valence-corrected chi connectivity index (χ2v) is 5.98. The highest BCUT2D eigenvalue weighted by Crippen LogP contribution is 2.38. The number of aliphatic imine (C=N–C) groups is 1. The minimum absolute atomic E-state index is 0.616. The maximum absolute atomic E-state index is 9.15. The van der Waals surface area contributed by atoms with Crippen molar-refractivity contribution in [2.45, 2.75) is 0 Å². The monoisotopic (exact) mass is 333 g/mol. The van der Waals surface area contributed by atoms with E-state index in [4.69, 9.17) is 10.2 Å². The fourth-order valence-electron chi connectivity index (χ4n) is 3.22. The Labute approximate surface area is 149 Å². The van der Waals surface area contributed by atoms with E-state index in [1.807, 2.05) is 48.7 Å². The van der Waals surface area contributed by atoms with Crippen molar-refractivity contribution in [1.29, 1.82) is 5.26 Å². The first-order chi connectivity index (χ1) is 12.8. The van der Waals surface area contributed by atoms with E-state index >= 15 is 0 Å². The average Bonchev–Trinajstić information content (AvgIpc) is 3.14. The number of pyridine rings is 1. The molecule has 0 fully saturated rings. The van der Waals surface area contributed by atoms with Crippen LogP contribution < -0.4 is 0 Å². The van der Waals surface area contributed by atoms with Crippen molar-refractivity contribution in [3.63, 3.8) is 0 Å². The third kappa shape index (κ3) is 2.17. The Hall–Kier alpha value is -3.91. The summed E-state index contributed by atoms with van der Waals surface area (Å²) in [7, 11) is 0. The van der Waals surface area contributed by atoms with E-state index in [9.17, 15) is 0 Å². The van der Waals surface area contributed by atoms with Gasteiger partial charge in [0.1, 0.15) is 0 Å². The molecule has 0 saturated heterocycles. The highest BCUT2D eigenvalue weighted by atomic mass is 15.0. The van der Waals surface area contributed by atoms with E-state index in [1.165, 1.54) is 0 Å². The Bertz CT molecular complexity index is 1240. The molecule has 26 heavy (non-hydrogen) atoms. The van der Waals surface area contributed by atoms with Gasteiger partial charge >= 0.3 is 0 Å². The quantitative estimate of drug-likeness (QED) is 0.483. The summed E-state index contributed by atoms with van der Waals surface area (Å²) in [6.07, 6.45) is 5.30. The van der Waals surface area contributed by atoms with Gasteiger partial charge in [0.25, 0.3) is 0 Å². The van der Waals surface area contributed by atoms with Gasteiger partial charge in [-0.15, -0.1) is 0 Å². The number of nitrogens with zero attached hydrogens (tertiary/aromatic N) is 5. The molecule has 0 amide bonds. The van der Waals surface area contributed by atoms with Gasteiger partial charge in [-0.25, -0.2) is 15.0 Å². The van der Waals surface area contributed by atoms with Gasteiger partial charge in [-0.2, -0.15) is 5.26 Å². The van der Waals surface area contributed by atoms with Crippen molar-refractivity contribution in [3.8, 4) is 28.6 Å². The van der Waals surface area contributed by atoms with E-state index in [0.717, 1.165) is 33.2 Å². The van der Waals surface area contributed by atoms with Crippen LogP contribution in [0.4, 0.5) is 5.82 Å². The van der Waals surface area contributed by atoms with Crippen LogP contribution >= 0.6 is 0 Å². The van der Waals surface area contributed by atoms with E-state index in [2.05, 4.69) is 21.0 Å². The van der Waals surface area contributed by atoms with Crippen molar-refractivity contribution in [1.82, 2.24) is 15.0 Å². The van der Waals surface area contributed by atoms with Gasteiger partial charge < -0.3 is 0 Å². The van der Waals surface area contributed by atoms with Crippen LogP contribution in [0.25, 0.3) is 33.4 Å². The second kappa shape index (κ2) is 5.57. The lowest BCUT2D eigenvalue weighted by Gasteiger charge is -2.09. The Morgan fingerprint density at radius 2 is 1.85 bits per heavy atom. The largest absolute Gasteiger partial charge is 0.264 e. The van der Waals surface area contributed by atoms with E-state index in [1.54, 1.807) is 18.5 Å². The number of hydrogen-bond donors (Lipinski definition) is 0. The molecular formula is C21H11N5. The molecule has 0 atom stereocenters. The number of benzene rings is 2. The summed E-state index contributed by atoms with van der Waals surface area (Å²) >= 11 is 0. The molecule has 4 aromatic rings. The molecule has 5 rings (SSSR count). The lowest BCUT2D eigenvalue weighted by molar-refractivity contribution is 1.20. The van der Waals surface area contributed by atoms with Crippen LogP contribution in [0, 0.1) is 11.3 Å². The average molecular weight is 333 g/mol. The van der Waals surface area contributed by atoms with Crippen LogP contribution in [-0.2, 0) is 0 Å². The number of hydrogen-bond acceptors (Lipinski definition) is 5. The fraction of sp³-hybridized carbons (Fsp3) is 0. The molecule has 0 unspecified atom stereocenters. The Morgan fingerprint density at radius 1 is 0.923 bits per heavy atom. The number of aromatic nitrogens is 3. The van der Waals surface area contributed by atoms with Gasteiger partial charge in [0.2, 0.25) is 0 Å². The van der Waals surface area contributed by atoms with E-state index < -0.39 is 0 Å². The van der Waals surface area contributed by atoms with Crippen LogP contribution in [0.3, 0.4) is 0 Å². The molecule has 2 aromatic heterocycles. The van der Waals surface area contributed by atoms with Gasteiger partial charge in [-0.1, -0.05) is 18.2 Å². The Kier molecular flexibility index (Phi) is 3.09. The topological polar surface area (TPSA) is 74.8 Å². The van der Waals surface area contributed by atoms with Crippen LogP contribution in [0.2, 0.25) is 0 Å². The van der Waals surface area contributed by atoms with Crippen molar-refractivity contribution in [2.75, 3.05) is 0 Å². The molecule has 0 radical (unpaired) electrons. The zero-order chi connectivity index (χ0) is 17.5. The minimum Gasteiger partial charge on any atom is -0.264 e. The molecule has 0 saturated carbocycles. The molecule has 2 aromatic carbocycles. The van der Waals surface area contributed by atoms with Crippen LogP contribution in [0.15, 0.2) is 65.9 Å². The first-order valence-corrected chi connectivity index (χ1v) is 8.13. The molecule has 0 bridgehead atoms. The predicted octanol–water partition coefficient (Wildman–Crippen LogP) is 4.29. The maximum atomic E-state index is 9.15. The van der Waals surface area contributed by atoms with E-state index in [-0.39, 0.29) is 0 Å². The summed E-state index contributed by atoms with van der Waals surface area (Å²) in [5, 5.41) is 10.1. The second-order valence-electron chi connectivity index (χ2n) is 5.98. The summed E-state index contributed by atoms with van der Waals surface area (Å²) in [5.74, 6) is 1.28. The summed E-state index contributed by atoms with van der Waals surface area (Å²) in [4.78, 5) is 17.9. The first kappa shape index (κ1) is 14.4. The van der Waals surface area contributed by atoms with Crippen LogP contribution in [0.1, 0.15) is 11.1 Å². The smallest absolute Gasteiger partial charge is 0.164 e. The summed E-state index contributed by atoms with van der Waals surface area (Å²) in [6, 6.07) is 17.5. The summed E-state index contributed by atoms with van der Waals surface area (Å²) in [5.41, 5.74) is 5.34. The molecular weight excluding hydrogens is 322 g/mol. The van der Waals surface area contributed by atoms with Gasteiger partial charge in [-0.3, -0.25) is 4.98 Å².